The Morgan fingerprint density at radius 2 is 2.04 bits per heavy atom. The number of nitrogens with one attached hydrogen (secondary N) is 1. The second kappa shape index (κ2) is 7.07. The van der Waals surface area contributed by atoms with Crippen molar-refractivity contribution in [1.82, 2.24) is 9.78 Å². The lowest BCUT2D eigenvalue weighted by atomic mass is 10.1. The number of benzene rings is 2. The summed E-state index contributed by atoms with van der Waals surface area (Å²) < 4.78 is 2.64. The summed E-state index contributed by atoms with van der Waals surface area (Å²) >= 11 is 9.66. The largest absolute Gasteiger partial charge is 0.292 e. The van der Waals surface area contributed by atoms with Gasteiger partial charge in [-0.25, -0.2) is 5.01 Å². The van der Waals surface area contributed by atoms with Crippen molar-refractivity contribution >= 4 is 45.3 Å². The zero-order chi connectivity index (χ0) is 17.1. The first-order valence-electron chi connectivity index (χ1n) is 7.14. The standard InChI is InChI=1S/C17H14BrClN4O/c1-22-10-14(18)17(21-22)12-5-4-6-13(9-12)20-23(11-24)16-8-3-2-7-15(16)19/h2-11,20H,1H3. The predicted octanol–water partition coefficient (Wildman–Crippen LogP) is 4.49. The van der Waals surface area contributed by atoms with Gasteiger partial charge in [-0.05, 0) is 40.2 Å². The number of aromatic nitrogens is 2. The molecule has 0 saturated heterocycles. The SMILES string of the molecule is Cn1cc(Br)c(-c2cccc(NN(C=O)c3ccccc3Cl)c2)n1. The zero-order valence-corrected chi connectivity index (χ0v) is 15.1. The number of anilines is 2. The van der Waals surface area contributed by atoms with Crippen LogP contribution in [0.1, 0.15) is 0 Å². The van der Waals surface area contributed by atoms with Crippen LogP contribution in [0.5, 0.6) is 0 Å². The molecule has 3 rings (SSSR count). The molecule has 1 heterocycles. The maximum atomic E-state index is 11.5. The van der Waals surface area contributed by atoms with Crippen LogP contribution in [0.25, 0.3) is 11.3 Å². The monoisotopic (exact) mass is 404 g/mol. The van der Waals surface area contributed by atoms with Crippen molar-refractivity contribution in [3.63, 3.8) is 0 Å². The van der Waals surface area contributed by atoms with E-state index in [2.05, 4.69) is 26.5 Å². The first-order chi connectivity index (χ1) is 11.6. The molecule has 0 fully saturated rings. The van der Waals surface area contributed by atoms with Crippen molar-refractivity contribution in [3.8, 4) is 11.3 Å². The summed E-state index contributed by atoms with van der Waals surface area (Å²) in [4.78, 5) is 11.5. The van der Waals surface area contributed by atoms with Gasteiger partial charge < -0.3 is 0 Å². The Hall–Kier alpha value is -2.31. The summed E-state index contributed by atoms with van der Waals surface area (Å²) in [6.45, 7) is 0. The maximum Gasteiger partial charge on any atom is 0.232 e. The summed E-state index contributed by atoms with van der Waals surface area (Å²) in [6, 6.07) is 14.8. The van der Waals surface area contributed by atoms with E-state index in [1.54, 1.807) is 16.8 Å². The first-order valence-corrected chi connectivity index (χ1v) is 8.31. The van der Waals surface area contributed by atoms with Gasteiger partial charge in [0, 0.05) is 18.8 Å². The minimum atomic E-state index is 0.487. The zero-order valence-electron chi connectivity index (χ0n) is 12.8. The van der Waals surface area contributed by atoms with Crippen LogP contribution in [0.2, 0.25) is 5.02 Å². The molecule has 3 aromatic rings. The topological polar surface area (TPSA) is 50.2 Å². The van der Waals surface area contributed by atoms with Crippen LogP contribution in [0, 0.1) is 0 Å². The molecule has 0 saturated carbocycles. The Morgan fingerprint density at radius 1 is 1.25 bits per heavy atom. The number of hydrogen-bond donors (Lipinski definition) is 1. The maximum absolute atomic E-state index is 11.5. The van der Waals surface area contributed by atoms with E-state index in [-0.39, 0.29) is 0 Å². The number of halogens is 2. The van der Waals surface area contributed by atoms with E-state index in [1.165, 1.54) is 5.01 Å². The van der Waals surface area contributed by atoms with Crippen molar-refractivity contribution in [1.29, 1.82) is 0 Å². The third-order valence-electron chi connectivity index (χ3n) is 3.39. The molecular weight excluding hydrogens is 392 g/mol. The van der Waals surface area contributed by atoms with Crippen LogP contribution < -0.4 is 10.4 Å². The summed E-state index contributed by atoms with van der Waals surface area (Å²) in [5.74, 6) is 0. The van der Waals surface area contributed by atoms with E-state index in [9.17, 15) is 4.79 Å². The molecule has 1 amide bonds. The van der Waals surface area contributed by atoms with Crippen LogP contribution in [0.4, 0.5) is 11.4 Å². The molecular formula is C17H14BrClN4O. The summed E-state index contributed by atoms with van der Waals surface area (Å²) in [5.41, 5.74) is 6.14. The van der Waals surface area contributed by atoms with Crippen LogP contribution in [-0.4, -0.2) is 16.2 Å². The molecule has 0 radical (unpaired) electrons. The number of nitrogens with zero attached hydrogens (tertiary/aromatic N) is 3. The van der Waals surface area contributed by atoms with Crippen LogP contribution >= 0.6 is 27.5 Å². The average molecular weight is 406 g/mol. The molecule has 7 heteroatoms. The Labute approximate surface area is 152 Å². The molecule has 0 spiro atoms. The van der Waals surface area contributed by atoms with Crippen LogP contribution in [0.3, 0.4) is 0 Å². The van der Waals surface area contributed by atoms with Crippen molar-refractivity contribution in [2.75, 3.05) is 10.4 Å². The lowest BCUT2D eigenvalue weighted by Gasteiger charge is -2.21. The van der Waals surface area contributed by atoms with E-state index < -0.39 is 0 Å². The second-order valence-corrected chi connectivity index (χ2v) is 6.38. The van der Waals surface area contributed by atoms with Crippen LogP contribution in [-0.2, 0) is 11.8 Å². The van der Waals surface area contributed by atoms with E-state index in [0.29, 0.717) is 17.1 Å². The molecule has 0 aliphatic rings. The van der Waals surface area contributed by atoms with Crippen molar-refractivity contribution in [2.45, 2.75) is 0 Å². The Bertz CT molecular complexity index is 881. The number of hydrogen-bond acceptors (Lipinski definition) is 3. The Balaban J connectivity index is 1.90. The Morgan fingerprint density at radius 3 is 2.71 bits per heavy atom. The highest BCUT2D eigenvalue weighted by Crippen LogP contribution is 2.29. The number of carbonyl (C=O) groups is 1. The van der Waals surface area contributed by atoms with Gasteiger partial charge in [-0.15, -0.1) is 0 Å². The van der Waals surface area contributed by atoms with Gasteiger partial charge in [0.2, 0.25) is 6.41 Å². The fraction of sp³-hybridized carbons (Fsp3) is 0.0588. The number of rotatable bonds is 5. The average Bonchev–Trinajstić information content (AvgIpc) is 2.92. The highest BCUT2D eigenvalue weighted by atomic mass is 79.9. The van der Waals surface area contributed by atoms with Crippen molar-refractivity contribution < 1.29 is 4.79 Å². The summed E-state index contributed by atoms with van der Waals surface area (Å²) in [7, 11) is 1.86. The third kappa shape index (κ3) is 3.44. The minimum Gasteiger partial charge on any atom is -0.292 e. The van der Waals surface area contributed by atoms with Gasteiger partial charge in [-0.3, -0.25) is 14.9 Å². The first kappa shape index (κ1) is 16.5. The summed E-state index contributed by atoms with van der Waals surface area (Å²) in [5, 5.41) is 6.26. The van der Waals surface area contributed by atoms with Gasteiger partial charge in [0.05, 0.1) is 20.9 Å². The van der Waals surface area contributed by atoms with E-state index in [0.717, 1.165) is 21.4 Å². The molecule has 2 aromatic carbocycles. The highest BCUT2D eigenvalue weighted by molar-refractivity contribution is 9.10. The molecule has 1 N–H and O–H groups in total. The van der Waals surface area contributed by atoms with Gasteiger partial charge in [-0.1, -0.05) is 35.9 Å². The number of amides is 1. The third-order valence-corrected chi connectivity index (χ3v) is 4.29. The predicted molar refractivity (Wildman–Crippen MR) is 100.0 cm³/mol. The fourth-order valence-corrected chi connectivity index (χ4v) is 3.15. The molecule has 0 bridgehead atoms. The van der Waals surface area contributed by atoms with Gasteiger partial charge in [-0.2, -0.15) is 5.10 Å². The number of hydrazine groups is 1. The van der Waals surface area contributed by atoms with E-state index in [4.69, 9.17) is 11.6 Å². The lowest BCUT2D eigenvalue weighted by molar-refractivity contribution is -0.107. The molecule has 0 aliphatic carbocycles. The van der Waals surface area contributed by atoms with Gasteiger partial charge in [0.15, 0.2) is 0 Å². The van der Waals surface area contributed by atoms with E-state index >= 15 is 0 Å². The highest BCUT2D eigenvalue weighted by Gasteiger charge is 2.11. The van der Waals surface area contributed by atoms with Crippen LogP contribution in [0.15, 0.2) is 59.2 Å². The van der Waals surface area contributed by atoms with Gasteiger partial charge in [0.25, 0.3) is 0 Å². The molecule has 0 unspecified atom stereocenters. The Kier molecular flexibility index (Phi) is 4.87. The fourth-order valence-electron chi connectivity index (χ4n) is 2.32. The van der Waals surface area contributed by atoms with Gasteiger partial charge in [0.1, 0.15) is 5.69 Å². The molecule has 122 valence electrons. The quantitative estimate of drug-likeness (QED) is 0.502. The second-order valence-electron chi connectivity index (χ2n) is 5.12. The lowest BCUT2D eigenvalue weighted by Crippen LogP contribution is -2.28. The molecule has 24 heavy (non-hydrogen) atoms. The molecule has 1 aromatic heterocycles. The number of para-hydroxylation sites is 1. The smallest absolute Gasteiger partial charge is 0.232 e. The minimum absolute atomic E-state index is 0.487. The number of aryl methyl sites for hydroxylation is 1. The van der Waals surface area contributed by atoms with Crippen molar-refractivity contribution in [3.05, 3.63) is 64.2 Å². The van der Waals surface area contributed by atoms with Crippen molar-refractivity contribution in [2.24, 2.45) is 7.05 Å². The normalized spacial score (nSPS) is 10.5. The summed E-state index contributed by atoms with van der Waals surface area (Å²) in [6.07, 6.45) is 2.57. The molecule has 0 aliphatic heterocycles. The van der Waals surface area contributed by atoms with Gasteiger partial charge >= 0.3 is 0 Å². The molecule has 0 atom stereocenters. The number of carbonyl (C=O) groups excluding carboxylic acids is 1. The van der Waals surface area contributed by atoms with E-state index in [1.807, 2.05) is 49.6 Å². The molecule has 5 nitrogen and oxygen atoms in total.